The maximum atomic E-state index is 13.2. The van der Waals surface area contributed by atoms with Gasteiger partial charge in [-0.3, -0.25) is 14.9 Å². The molecule has 3 rings (SSSR count). The lowest BCUT2D eigenvalue weighted by atomic mass is 10.0. The van der Waals surface area contributed by atoms with Crippen molar-refractivity contribution in [3.8, 4) is 29.6 Å². The third-order valence-electron chi connectivity index (χ3n) is 4.94. The minimum Gasteiger partial charge on any atom is -0.494 e. The molecule has 4 amide bonds. The second kappa shape index (κ2) is 11.6. The third-order valence-corrected chi connectivity index (χ3v) is 4.94. The van der Waals surface area contributed by atoms with Crippen LogP contribution in [0.25, 0.3) is 6.08 Å². The lowest BCUT2D eigenvalue weighted by molar-refractivity contribution is -0.122. The first-order chi connectivity index (χ1) is 16.9. The van der Waals surface area contributed by atoms with E-state index in [-0.39, 0.29) is 12.2 Å². The van der Waals surface area contributed by atoms with Gasteiger partial charge in [0.15, 0.2) is 11.5 Å². The van der Waals surface area contributed by atoms with Gasteiger partial charge in [0.05, 0.1) is 18.9 Å². The first-order valence-corrected chi connectivity index (χ1v) is 11.0. The summed E-state index contributed by atoms with van der Waals surface area (Å²) in [5.41, 5.74) is 1.33. The predicted molar refractivity (Wildman–Crippen MR) is 132 cm³/mol. The SMILES string of the molecule is C#CCOc1c(CC=C)cc(/C=C2\C(=O)NC(=O)N(c3ccc(OCC)cc3)C2=O)cc1OCC. The van der Waals surface area contributed by atoms with Crippen LogP contribution >= 0.6 is 0 Å². The number of nitrogens with one attached hydrogen (secondary N) is 1. The summed E-state index contributed by atoms with van der Waals surface area (Å²) >= 11 is 0. The average molecular weight is 475 g/mol. The molecule has 2 aromatic rings. The number of anilines is 1. The lowest BCUT2D eigenvalue weighted by Gasteiger charge is -2.26. The number of barbiturate groups is 1. The first kappa shape index (κ1) is 25.1. The number of hydrogen-bond donors (Lipinski definition) is 1. The van der Waals surface area contributed by atoms with Crippen molar-refractivity contribution in [2.45, 2.75) is 20.3 Å². The molecule has 0 atom stereocenters. The van der Waals surface area contributed by atoms with E-state index in [1.54, 1.807) is 42.5 Å². The number of hydrogen-bond acceptors (Lipinski definition) is 6. The standard InChI is InChI=1S/C27H26N2O6/c1-5-9-19-15-18(17-23(34-8-4)24(19)35-14-6-2)16-22-25(30)28-27(32)29(26(22)31)20-10-12-21(13-11-20)33-7-3/h2,5,10-13,15-17H,1,7-9,14H2,3-4H3,(H,28,30,32)/b22-16+. The maximum absolute atomic E-state index is 13.2. The van der Waals surface area contributed by atoms with E-state index >= 15 is 0 Å². The van der Waals surface area contributed by atoms with Gasteiger partial charge in [0, 0.05) is 5.56 Å². The van der Waals surface area contributed by atoms with Crippen molar-refractivity contribution in [3.63, 3.8) is 0 Å². The van der Waals surface area contributed by atoms with E-state index in [0.717, 1.165) is 10.5 Å². The fourth-order valence-electron chi connectivity index (χ4n) is 3.53. The molecular formula is C27H26N2O6. The van der Waals surface area contributed by atoms with Gasteiger partial charge in [0.25, 0.3) is 11.8 Å². The van der Waals surface area contributed by atoms with Gasteiger partial charge in [-0.15, -0.1) is 13.0 Å². The Morgan fingerprint density at radius 2 is 1.77 bits per heavy atom. The zero-order valence-corrected chi connectivity index (χ0v) is 19.6. The van der Waals surface area contributed by atoms with Crippen molar-refractivity contribution in [2.24, 2.45) is 0 Å². The van der Waals surface area contributed by atoms with Crippen molar-refractivity contribution in [1.29, 1.82) is 0 Å². The highest BCUT2D eigenvalue weighted by molar-refractivity contribution is 6.39. The monoisotopic (exact) mass is 474 g/mol. The molecular weight excluding hydrogens is 448 g/mol. The molecule has 0 unspecified atom stereocenters. The molecule has 1 N–H and O–H groups in total. The summed E-state index contributed by atoms with van der Waals surface area (Å²) in [5.74, 6) is 2.36. The van der Waals surface area contributed by atoms with Gasteiger partial charge >= 0.3 is 6.03 Å². The van der Waals surface area contributed by atoms with Crippen LogP contribution in [0, 0.1) is 12.3 Å². The normalized spacial score (nSPS) is 14.4. The van der Waals surface area contributed by atoms with Gasteiger partial charge in [-0.1, -0.05) is 12.0 Å². The van der Waals surface area contributed by atoms with Crippen molar-refractivity contribution < 1.29 is 28.6 Å². The zero-order valence-electron chi connectivity index (χ0n) is 19.6. The second-order valence-corrected chi connectivity index (χ2v) is 7.31. The molecule has 0 spiro atoms. The Hall–Kier alpha value is -4.51. The van der Waals surface area contributed by atoms with Crippen LogP contribution in [0.15, 0.2) is 54.6 Å². The topological polar surface area (TPSA) is 94.2 Å². The third kappa shape index (κ3) is 5.71. The largest absolute Gasteiger partial charge is 0.494 e. The van der Waals surface area contributed by atoms with Gasteiger partial charge in [0.2, 0.25) is 0 Å². The number of nitrogens with zero attached hydrogens (tertiary/aromatic N) is 1. The number of carbonyl (C=O) groups excluding carboxylic acids is 3. The van der Waals surface area contributed by atoms with E-state index in [2.05, 4.69) is 17.8 Å². The van der Waals surface area contributed by atoms with Crippen LogP contribution in [-0.4, -0.2) is 37.7 Å². The number of carbonyl (C=O) groups is 3. The molecule has 0 radical (unpaired) electrons. The van der Waals surface area contributed by atoms with Crippen LogP contribution < -0.4 is 24.4 Å². The fraction of sp³-hybridized carbons (Fsp3) is 0.222. The number of terminal acetylenes is 1. The molecule has 1 aliphatic rings. The summed E-state index contributed by atoms with van der Waals surface area (Å²) in [7, 11) is 0. The summed E-state index contributed by atoms with van der Waals surface area (Å²) < 4.78 is 16.8. The predicted octanol–water partition coefficient (Wildman–Crippen LogP) is 3.89. The summed E-state index contributed by atoms with van der Waals surface area (Å²) in [6.45, 7) is 8.33. The van der Waals surface area contributed by atoms with Crippen LogP contribution in [0.4, 0.5) is 10.5 Å². The van der Waals surface area contributed by atoms with Crippen LogP contribution in [0.5, 0.6) is 17.2 Å². The van der Waals surface area contributed by atoms with E-state index in [1.807, 2.05) is 13.8 Å². The molecule has 0 aliphatic carbocycles. The van der Waals surface area contributed by atoms with Crippen LogP contribution in [0.2, 0.25) is 0 Å². The molecule has 1 fully saturated rings. The molecule has 0 saturated carbocycles. The van der Waals surface area contributed by atoms with Gasteiger partial charge < -0.3 is 14.2 Å². The molecule has 0 bridgehead atoms. The van der Waals surface area contributed by atoms with E-state index in [4.69, 9.17) is 20.6 Å². The van der Waals surface area contributed by atoms with Crippen LogP contribution in [-0.2, 0) is 16.0 Å². The van der Waals surface area contributed by atoms with Gasteiger partial charge in [0.1, 0.15) is 17.9 Å². The highest BCUT2D eigenvalue weighted by Gasteiger charge is 2.37. The van der Waals surface area contributed by atoms with E-state index < -0.39 is 17.8 Å². The highest BCUT2D eigenvalue weighted by Crippen LogP contribution is 2.35. The molecule has 8 nitrogen and oxygen atoms in total. The molecule has 0 aromatic heterocycles. The highest BCUT2D eigenvalue weighted by atomic mass is 16.5. The quantitative estimate of drug-likeness (QED) is 0.243. The van der Waals surface area contributed by atoms with E-state index in [0.29, 0.717) is 48.1 Å². The van der Waals surface area contributed by atoms with Gasteiger partial charge in [-0.05, 0) is 68.3 Å². The van der Waals surface area contributed by atoms with Crippen LogP contribution in [0.1, 0.15) is 25.0 Å². The number of benzene rings is 2. The van der Waals surface area contributed by atoms with Gasteiger partial charge in [-0.2, -0.15) is 0 Å². The Labute approximate surface area is 204 Å². The fourth-order valence-corrected chi connectivity index (χ4v) is 3.53. The van der Waals surface area contributed by atoms with E-state index in [1.165, 1.54) is 6.08 Å². The number of urea groups is 1. The number of rotatable bonds is 10. The molecule has 1 saturated heterocycles. The molecule has 1 heterocycles. The Balaban J connectivity index is 2.03. The Morgan fingerprint density at radius 1 is 1.06 bits per heavy atom. The molecule has 180 valence electrons. The van der Waals surface area contributed by atoms with Crippen molar-refractivity contribution >= 4 is 29.6 Å². The average Bonchev–Trinajstić information content (AvgIpc) is 2.83. The molecule has 35 heavy (non-hydrogen) atoms. The van der Waals surface area contributed by atoms with Crippen LogP contribution in [0.3, 0.4) is 0 Å². The summed E-state index contributed by atoms with van der Waals surface area (Å²) in [4.78, 5) is 39.2. The van der Waals surface area contributed by atoms with Crippen molar-refractivity contribution in [3.05, 3.63) is 65.8 Å². The lowest BCUT2D eigenvalue weighted by Crippen LogP contribution is -2.54. The summed E-state index contributed by atoms with van der Waals surface area (Å²) in [5, 5.41) is 2.22. The van der Waals surface area contributed by atoms with Crippen molar-refractivity contribution in [2.75, 3.05) is 24.7 Å². The molecule has 2 aromatic carbocycles. The zero-order chi connectivity index (χ0) is 25.4. The Morgan fingerprint density at radius 3 is 2.40 bits per heavy atom. The van der Waals surface area contributed by atoms with E-state index in [9.17, 15) is 14.4 Å². The van der Waals surface area contributed by atoms with Gasteiger partial charge in [-0.25, -0.2) is 9.69 Å². The smallest absolute Gasteiger partial charge is 0.335 e. The summed E-state index contributed by atoms with van der Waals surface area (Å²) in [6, 6.07) is 9.00. The Kier molecular flexibility index (Phi) is 8.30. The Bertz CT molecular complexity index is 1210. The summed E-state index contributed by atoms with van der Waals surface area (Å²) in [6.07, 6.45) is 8.87. The minimum atomic E-state index is -0.832. The van der Waals surface area contributed by atoms with Crippen molar-refractivity contribution in [1.82, 2.24) is 5.32 Å². The maximum Gasteiger partial charge on any atom is 0.335 e. The second-order valence-electron chi connectivity index (χ2n) is 7.31. The number of ether oxygens (including phenoxy) is 3. The molecule has 1 aliphatic heterocycles. The first-order valence-electron chi connectivity index (χ1n) is 11.0. The number of imide groups is 2. The number of allylic oxidation sites excluding steroid dienone is 1. The minimum absolute atomic E-state index is 0.0463. The number of amides is 4. The molecule has 8 heteroatoms.